The van der Waals surface area contributed by atoms with E-state index in [1.165, 1.54) is 0 Å². The predicted molar refractivity (Wildman–Crippen MR) is 37.5 cm³/mol. The number of hydrogen-bond acceptors (Lipinski definition) is 3. The first kappa shape index (κ1) is 9.41. The van der Waals surface area contributed by atoms with Gasteiger partial charge in [0.2, 0.25) is 0 Å². The lowest BCUT2D eigenvalue weighted by Crippen LogP contribution is -2.13. The lowest BCUT2D eigenvalue weighted by Gasteiger charge is -2.09. The van der Waals surface area contributed by atoms with Crippen LogP contribution in [0.3, 0.4) is 0 Å². The molecule has 0 saturated heterocycles. The van der Waals surface area contributed by atoms with Crippen LogP contribution in [-0.4, -0.2) is 27.4 Å². The van der Waals surface area contributed by atoms with Crippen molar-refractivity contribution in [1.82, 2.24) is 0 Å². The van der Waals surface area contributed by atoms with Crippen LogP contribution >= 0.6 is 0 Å². The molecule has 0 aliphatic carbocycles. The summed E-state index contributed by atoms with van der Waals surface area (Å²) in [7, 11) is 3.25. The second-order valence-corrected chi connectivity index (χ2v) is 2.14. The summed E-state index contributed by atoms with van der Waals surface area (Å²) in [5, 5.41) is 8.33. The zero-order valence-electron chi connectivity index (χ0n) is 6.46. The van der Waals surface area contributed by atoms with Crippen molar-refractivity contribution in [3.05, 3.63) is 0 Å². The van der Waals surface area contributed by atoms with E-state index in [9.17, 15) is 0 Å². The van der Waals surface area contributed by atoms with Gasteiger partial charge in [-0.2, -0.15) is 5.26 Å². The van der Waals surface area contributed by atoms with Crippen LogP contribution in [0.1, 0.15) is 6.42 Å². The van der Waals surface area contributed by atoms with E-state index >= 15 is 0 Å². The molecule has 0 saturated carbocycles. The molecule has 0 aromatic heterocycles. The van der Waals surface area contributed by atoms with Crippen LogP contribution in [0.4, 0.5) is 0 Å². The number of rotatable bonds is 5. The minimum atomic E-state index is 0.222. The average Bonchev–Trinajstić information content (AvgIpc) is 1.90. The van der Waals surface area contributed by atoms with Crippen molar-refractivity contribution in [1.29, 1.82) is 5.26 Å². The molecule has 0 unspecified atom stereocenters. The first-order valence-corrected chi connectivity index (χ1v) is 3.20. The number of hydrogen-bond donors (Lipinski definition) is 0. The van der Waals surface area contributed by atoms with E-state index in [2.05, 4.69) is 6.07 Å². The molecule has 10 heavy (non-hydrogen) atoms. The van der Waals surface area contributed by atoms with Gasteiger partial charge in [-0.25, -0.2) is 0 Å². The van der Waals surface area contributed by atoms with Gasteiger partial charge in [0, 0.05) is 26.6 Å². The van der Waals surface area contributed by atoms with Crippen molar-refractivity contribution in [2.24, 2.45) is 5.92 Å². The summed E-state index contributed by atoms with van der Waals surface area (Å²) in [6.07, 6.45) is 0.502. The van der Waals surface area contributed by atoms with E-state index in [-0.39, 0.29) is 5.92 Å². The van der Waals surface area contributed by atoms with E-state index in [0.29, 0.717) is 19.6 Å². The van der Waals surface area contributed by atoms with Gasteiger partial charge in [-0.15, -0.1) is 0 Å². The lowest BCUT2D eigenvalue weighted by atomic mass is 10.1. The van der Waals surface area contributed by atoms with Crippen LogP contribution in [0.25, 0.3) is 0 Å². The maximum Gasteiger partial charge on any atom is 0.0626 e. The molecule has 0 heterocycles. The van der Waals surface area contributed by atoms with Crippen LogP contribution in [0.5, 0.6) is 0 Å². The van der Waals surface area contributed by atoms with Crippen LogP contribution in [0, 0.1) is 17.2 Å². The summed E-state index contributed by atoms with van der Waals surface area (Å²) in [6, 6.07) is 2.08. The maximum absolute atomic E-state index is 8.33. The second kappa shape index (κ2) is 6.53. The van der Waals surface area contributed by atoms with Gasteiger partial charge in [-0.1, -0.05) is 0 Å². The summed E-state index contributed by atoms with van der Waals surface area (Å²) in [5.74, 6) is 0.222. The molecule has 0 rings (SSSR count). The Labute approximate surface area is 61.5 Å². The Bertz CT molecular complexity index is 103. The fraction of sp³-hybridized carbons (Fsp3) is 0.857. The van der Waals surface area contributed by atoms with Gasteiger partial charge in [-0.3, -0.25) is 0 Å². The van der Waals surface area contributed by atoms with Gasteiger partial charge in [0.15, 0.2) is 0 Å². The molecule has 0 aliphatic heterocycles. The largest absolute Gasteiger partial charge is 0.384 e. The number of methoxy groups -OCH3 is 2. The molecular formula is C7H13NO2. The van der Waals surface area contributed by atoms with Gasteiger partial charge >= 0.3 is 0 Å². The summed E-state index contributed by atoms with van der Waals surface area (Å²) < 4.78 is 9.76. The Balaban J connectivity index is 3.42. The molecule has 0 bridgehead atoms. The van der Waals surface area contributed by atoms with E-state index < -0.39 is 0 Å². The van der Waals surface area contributed by atoms with Crippen LogP contribution in [0.2, 0.25) is 0 Å². The van der Waals surface area contributed by atoms with Crippen molar-refractivity contribution < 1.29 is 9.47 Å². The summed E-state index contributed by atoms with van der Waals surface area (Å²) in [4.78, 5) is 0. The lowest BCUT2D eigenvalue weighted by molar-refractivity contribution is 0.0868. The van der Waals surface area contributed by atoms with Crippen molar-refractivity contribution in [3.63, 3.8) is 0 Å². The monoisotopic (exact) mass is 143 g/mol. The third-order valence-electron chi connectivity index (χ3n) is 1.18. The molecule has 0 radical (unpaired) electrons. The second-order valence-electron chi connectivity index (χ2n) is 2.14. The number of nitriles is 1. The summed E-state index contributed by atoms with van der Waals surface area (Å²) >= 11 is 0. The SMILES string of the molecule is COCC(CC#N)COC. The average molecular weight is 143 g/mol. The fourth-order valence-corrected chi connectivity index (χ4v) is 0.766. The maximum atomic E-state index is 8.33. The molecule has 3 heteroatoms. The first-order valence-electron chi connectivity index (χ1n) is 3.20. The topological polar surface area (TPSA) is 42.2 Å². The highest BCUT2D eigenvalue weighted by Gasteiger charge is 2.05. The molecule has 0 aromatic carbocycles. The molecule has 0 spiro atoms. The predicted octanol–water partition coefficient (Wildman–Crippen LogP) is 0.809. The number of ether oxygens (including phenoxy) is 2. The summed E-state index contributed by atoms with van der Waals surface area (Å²) in [5.41, 5.74) is 0. The Morgan fingerprint density at radius 1 is 1.30 bits per heavy atom. The Kier molecular flexibility index (Phi) is 6.14. The molecule has 3 nitrogen and oxygen atoms in total. The zero-order valence-corrected chi connectivity index (χ0v) is 6.46. The molecular weight excluding hydrogens is 130 g/mol. The quantitative estimate of drug-likeness (QED) is 0.572. The normalized spacial score (nSPS) is 9.80. The zero-order chi connectivity index (χ0) is 7.82. The van der Waals surface area contributed by atoms with Gasteiger partial charge in [0.25, 0.3) is 0 Å². The van der Waals surface area contributed by atoms with Crippen LogP contribution in [0.15, 0.2) is 0 Å². The molecule has 0 aliphatic rings. The van der Waals surface area contributed by atoms with E-state index in [4.69, 9.17) is 14.7 Å². The standard InChI is InChI=1S/C7H13NO2/c1-9-5-7(3-4-8)6-10-2/h7H,3,5-6H2,1-2H3. The number of nitrogens with zero attached hydrogens (tertiary/aromatic N) is 1. The van der Waals surface area contributed by atoms with Crippen molar-refractivity contribution in [3.8, 4) is 6.07 Å². The van der Waals surface area contributed by atoms with E-state index in [1.54, 1.807) is 14.2 Å². The summed E-state index contributed by atoms with van der Waals surface area (Å²) in [6.45, 7) is 1.20. The van der Waals surface area contributed by atoms with Crippen LogP contribution in [-0.2, 0) is 9.47 Å². The Morgan fingerprint density at radius 3 is 2.10 bits per heavy atom. The van der Waals surface area contributed by atoms with Crippen molar-refractivity contribution >= 4 is 0 Å². The van der Waals surface area contributed by atoms with Crippen molar-refractivity contribution in [2.45, 2.75) is 6.42 Å². The van der Waals surface area contributed by atoms with Gasteiger partial charge < -0.3 is 9.47 Å². The first-order chi connectivity index (χ1) is 4.85. The molecule has 0 amide bonds. The molecule has 58 valence electrons. The Morgan fingerprint density at radius 2 is 1.80 bits per heavy atom. The van der Waals surface area contributed by atoms with Gasteiger partial charge in [-0.05, 0) is 0 Å². The molecule has 0 N–H and O–H groups in total. The third kappa shape index (κ3) is 4.30. The molecule has 0 aromatic rings. The van der Waals surface area contributed by atoms with Gasteiger partial charge in [0.05, 0.1) is 19.3 Å². The van der Waals surface area contributed by atoms with Crippen molar-refractivity contribution in [2.75, 3.05) is 27.4 Å². The highest BCUT2D eigenvalue weighted by Crippen LogP contribution is 2.01. The minimum absolute atomic E-state index is 0.222. The Hall–Kier alpha value is -0.590. The molecule has 0 atom stereocenters. The molecule has 0 fully saturated rings. The third-order valence-corrected chi connectivity index (χ3v) is 1.18. The fourth-order valence-electron chi connectivity index (χ4n) is 0.766. The highest BCUT2D eigenvalue weighted by atomic mass is 16.5. The van der Waals surface area contributed by atoms with E-state index in [0.717, 1.165) is 0 Å². The van der Waals surface area contributed by atoms with Crippen LogP contribution < -0.4 is 0 Å². The smallest absolute Gasteiger partial charge is 0.0626 e. The van der Waals surface area contributed by atoms with Gasteiger partial charge in [0.1, 0.15) is 0 Å². The van der Waals surface area contributed by atoms with E-state index in [1.807, 2.05) is 0 Å². The highest BCUT2D eigenvalue weighted by molar-refractivity contribution is 4.75. The minimum Gasteiger partial charge on any atom is -0.384 e.